The number of nitrogens with zero attached hydrogens (tertiary/aromatic N) is 1. The van der Waals surface area contributed by atoms with Crippen molar-refractivity contribution >= 4 is 0 Å². The molecule has 50 valence electrons. The molecule has 1 N–H and O–H groups in total. The van der Waals surface area contributed by atoms with Gasteiger partial charge >= 0.3 is 0 Å². The highest BCUT2D eigenvalue weighted by atomic mass is 16.3. The lowest BCUT2D eigenvalue weighted by Crippen LogP contribution is -1.97. The Labute approximate surface area is 54.7 Å². The van der Waals surface area contributed by atoms with Crippen LogP contribution in [0.5, 0.6) is 0 Å². The van der Waals surface area contributed by atoms with Gasteiger partial charge in [0.25, 0.3) is 0 Å². The fraction of sp³-hybridized carbons (Fsp3) is 0.429. The number of hydrogen-bond donors (Lipinski definition) is 1. The van der Waals surface area contributed by atoms with E-state index in [0.29, 0.717) is 0 Å². The number of aryl methyl sites for hydroxylation is 1. The minimum atomic E-state index is 0.234. The van der Waals surface area contributed by atoms with Crippen LogP contribution in [0.15, 0.2) is 18.3 Å². The fourth-order valence-corrected chi connectivity index (χ4v) is 0.871. The molecule has 2 nitrogen and oxygen atoms in total. The second kappa shape index (κ2) is 2.69. The average Bonchev–Trinajstić information content (AvgIpc) is 2.18. The molecule has 9 heavy (non-hydrogen) atoms. The Balaban J connectivity index is 2.69. The van der Waals surface area contributed by atoms with E-state index in [1.54, 1.807) is 0 Å². The van der Waals surface area contributed by atoms with Crippen molar-refractivity contribution in [3.63, 3.8) is 0 Å². The molecule has 1 aromatic heterocycles. The van der Waals surface area contributed by atoms with Gasteiger partial charge in [-0.05, 0) is 12.1 Å². The number of aliphatic hydroxyl groups excluding tert-OH is 1. The quantitative estimate of drug-likeness (QED) is 0.614. The molecule has 0 bridgehead atoms. The molecule has 0 aliphatic rings. The third kappa shape index (κ3) is 1.33. The first-order valence-corrected chi connectivity index (χ1v) is 3.05. The predicted octanol–water partition coefficient (Wildman–Crippen LogP) is 0.560. The molecule has 0 amide bonds. The van der Waals surface area contributed by atoms with E-state index in [1.165, 1.54) is 5.69 Å². The van der Waals surface area contributed by atoms with E-state index in [9.17, 15) is 0 Å². The van der Waals surface area contributed by atoms with E-state index in [4.69, 9.17) is 5.11 Å². The normalized spacial score (nSPS) is 10.0. The van der Waals surface area contributed by atoms with E-state index in [2.05, 4.69) is 0 Å². The number of aromatic nitrogens is 1. The molecular formula is C7H11NO. The highest BCUT2D eigenvalue weighted by Crippen LogP contribution is 1.98. The summed E-state index contributed by atoms with van der Waals surface area (Å²) in [4.78, 5) is 0. The Bertz CT molecular complexity index is 181. The molecule has 2 heteroatoms. The zero-order valence-corrected chi connectivity index (χ0v) is 5.54. The standard InChI is InChI=1S/C7H11NO/c1-8-5-2-3-7(8)4-6-9/h2-3,5,9H,4,6H2,1H3. The summed E-state index contributed by atoms with van der Waals surface area (Å²) in [5, 5.41) is 8.55. The van der Waals surface area contributed by atoms with E-state index < -0.39 is 0 Å². The van der Waals surface area contributed by atoms with Crippen molar-refractivity contribution in [2.45, 2.75) is 6.42 Å². The molecule has 0 radical (unpaired) electrons. The fourth-order valence-electron chi connectivity index (χ4n) is 0.871. The second-order valence-electron chi connectivity index (χ2n) is 2.08. The first-order valence-electron chi connectivity index (χ1n) is 3.05. The highest BCUT2D eigenvalue weighted by molar-refractivity contribution is 5.06. The van der Waals surface area contributed by atoms with Gasteiger partial charge in [-0.3, -0.25) is 0 Å². The van der Waals surface area contributed by atoms with Crippen molar-refractivity contribution in [3.8, 4) is 0 Å². The van der Waals surface area contributed by atoms with Gasteiger partial charge in [-0.1, -0.05) is 0 Å². The molecule has 0 spiro atoms. The molecule has 0 aliphatic carbocycles. The van der Waals surface area contributed by atoms with Gasteiger partial charge in [-0.2, -0.15) is 0 Å². The number of aliphatic hydroxyl groups is 1. The van der Waals surface area contributed by atoms with Crippen LogP contribution in [0, 0.1) is 0 Å². The van der Waals surface area contributed by atoms with Gasteiger partial charge < -0.3 is 9.67 Å². The maximum Gasteiger partial charge on any atom is 0.0485 e. The van der Waals surface area contributed by atoms with Crippen molar-refractivity contribution in [1.82, 2.24) is 4.57 Å². The topological polar surface area (TPSA) is 25.2 Å². The van der Waals surface area contributed by atoms with E-state index >= 15 is 0 Å². The lowest BCUT2D eigenvalue weighted by molar-refractivity contribution is 0.297. The van der Waals surface area contributed by atoms with Crippen LogP contribution in [0.4, 0.5) is 0 Å². The summed E-state index contributed by atoms with van der Waals surface area (Å²) >= 11 is 0. The van der Waals surface area contributed by atoms with E-state index in [-0.39, 0.29) is 6.61 Å². The largest absolute Gasteiger partial charge is 0.396 e. The van der Waals surface area contributed by atoms with Crippen molar-refractivity contribution < 1.29 is 5.11 Å². The predicted molar refractivity (Wildman–Crippen MR) is 36.2 cm³/mol. The van der Waals surface area contributed by atoms with Crippen LogP contribution in [0.1, 0.15) is 5.69 Å². The molecule has 1 rings (SSSR count). The molecule has 0 aromatic carbocycles. The Hall–Kier alpha value is -0.760. The molecule has 0 fully saturated rings. The van der Waals surface area contributed by atoms with Crippen LogP contribution in [0.2, 0.25) is 0 Å². The van der Waals surface area contributed by atoms with Crippen LogP contribution in [-0.4, -0.2) is 16.3 Å². The monoisotopic (exact) mass is 125 g/mol. The molecule has 0 saturated heterocycles. The summed E-state index contributed by atoms with van der Waals surface area (Å²) in [6.07, 6.45) is 2.73. The maximum atomic E-state index is 8.55. The van der Waals surface area contributed by atoms with E-state index in [1.807, 2.05) is 29.9 Å². The molecular weight excluding hydrogens is 114 g/mol. The first kappa shape index (κ1) is 6.36. The van der Waals surface area contributed by atoms with Gasteiger partial charge in [-0.15, -0.1) is 0 Å². The Kier molecular flexibility index (Phi) is 1.90. The van der Waals surface area contributed by atoms with Gasteiger partial charge in [0.15, 0.2) is 0 Å². The van der Waals surface area contributed by atoms with Gasteiger partial charge in [0.2, 0.25) is 0 Å². The molecule has 0 aliphatic heterocycles. The third-order valence-electron chi connectivity index (χ3n) is 1.42. The second-order valence-corrected chi connectivity index (χ2v) is 2.08. The molecule has 0 atom stereocenters. The zero-order chi connectivity index (χ0) is 6.69. The van der Waals surface area contributed by atoms with Crippen molar-refractivity contribution in [2.75, 3.05) is 6.61 Å². The third-order valence-corrected chi connectivity index (χ3v) is 1.42. The van der Waals surface area contributed by atoms with Crippen molar-refractivity contribution in [1.29, 1.82) is 0 Å². The smallest absolute Gasteiger partial charge is 0.0485 e. The lowest BCUT2D eigenvalue weighted by atomic mass is 10.3. The molecule has 1 aromatic rings. The minimum absolute atomic E-state index is 0.234. The summed E-state index contributed by atoms with van der Waals surface area (Å²) < 4.78 is 2.01. The zero-order valence-electron chi connectivity index (χ0n) is 5.54. The van der Waals surface area contributed by atoms with Crippen LogP contribution in [-0.2, 0) is 13.5 Å². The SMILES string of the molecule is Cn1cccc1CCO. The summed E-state index contributed by atoms with van der Waals surface area (Å²) in [7, 11) is 1.98. The van der Waals surface area contributed by atoms with Gasteiger partial charge in [-0.25, -0.2) is 0 Å². The van der Waals surface area contributed by atoms with Crippen LogP contribution < -0.4 is 0 Å². The maximum absolute atomic E-state index is 8.55. The van der Waals surface area contributed by atoms with Crippen LogP contribution in [0.3, 0.4) is 0 Å². The van der Waals surface area contributed by atoms with Crippen molar-refractivity contribution in [2.24, 2.45) is 7.05 Å². The Morgan fingerprint density at radius 3 is 2.89 bits per heavy atom. The summed E-state index contributed by atoms with van der Waals surface area (Å²) in [5.74, 6) is 0. The Morgan fingerprint density at radius 1 is 1.67 bits per heavy atom. The van der Waals surface area contributed by atoms with Crippen LogP contribution >= 0.6 is 0 Å². The summed E-state index contributed by atoms with van der Waals surface area (Å²) in [6.45, 7) is 0.234. The lowest BCUT2D eigenvalue weighted by Gasteiger charge is -1.97. The number of rotatable bonds is 2. The minimum Gasteiger partial charge on any atom is -0.396 e. The van der Waals surface area contributed by atoms with Gasteiger partial charge in [0.05, 0.1) is 0 Å². The first-order chi connectivity index (χ1) is 4.34. The molecule has 1 heterocycles. The van der Waals surface area contributed by atoms with E-state index in [0.717, 1.165) is 6.42 Å². The molecule has 0 saturated carbocycles. The highest BCUT2D eigenvalue weighted by Gasteiger charge is 1.92. The molecule has 0 unspecified atom stereocenters. The van der Waals surface area contributed by atoms with Gasteiger partial charge in [0, 0.05) is 32.0 Å². The van der Waals surface area contributed by atoms with Gasteiger partial charge in [0.1, 0.15) is 0 Å². The van der Waals surface area contributed by atoms with Crippen molar-refractivity contribution in [3.05, 3.63) is 24.0 Å². The van der Waals surface area contributed by atoms with Crippen LogP contribution in [0.25, 0.3) is 0 Å². The average molecular weight is 125 g/mol. The Morgan fingerprint density at radius 2 is 2.44 bits per heavy atom. The summed E-state index contributed by atoms with van der Waals surface area (Å²) in [6, 6.07) is 3.99. The number of hydrogen-bond acceptors (Lipinski definition) is 1. The summed E-state index contributed by atoms with van der Waals surface area (Å²) in [5.41, 5.74) is 1.18.